The van der Waals surface area contributed by atoms with Crippen LogP contribution in [0.5, 0.6) is 0 Å². The highest BCUT2D eigenvalue weighted by molar-refractivity contribution is 7.73. The van der Waals surface area contributed by atoms with Crippen LogP contribution in [0.4, 0.5) is 4.79 Å². The Bertz CT molecular complexity index is 862. The van der Waals surface area contributed by atoms with Gasteiger partial charge in [0.15, 0.2) is 3.95 Å². The van der Waals surface area contributed by atoms with E-state index in [2.05, 4.69) is 29.5 Å². The number of hydrogen-bond acceptors (Lipinski definition) is 5. The van der Waals surface area contributed by atoms with E-state index < -0.39 is 12.1 Å². The van der Waals surface area contributed by atoms with E-state index in [-0.39, 0.29) is 24.5 Å². The maximum absolute atomic E-state index is 13.0. The molecule has 0 aliphatic rings. The fourth-order valence-electron chi connectivity index (χ4n) is 3.08. The molecule has 8 heteroatoms. The summed E-state index contributed by atoms with van der Waals surface area (Å²) in [6.07, 6.45) is 0.677. The molecule has 1 aromatic heterocycles. The maximum Gasteiger partial charge on any atom is 0.408 e. The first-order valence-corrected chi connectivity index (χ1v) is 11.5. The van der Waals surface area contributed by atoms with Crippen LogP contribution in [-0.4, -0.2) is 23.0 Å². The van der Waals surface area contributed by atoms with Crippen LogP contribution in [0.15, 0.2) is 35.7 Å². The number of benzene rings is 1. The van der Waals surface area contributed by atoms with E-state index in [1.54, 1.807) is 0 Å². The Kier molecular flexibility index (Phi) is 9.52. The molecule has 3 N–H and O–H groups in total. The normalized spacial score (nSPS) is 13.1. The predicted molar refractivity (Wildman–Crippen MR) is 123 cm³/mol. The summed E-state index contributed by atoms with van der Waals surface area (Å²) >= 11 is 6.63. The highest BCUT2D eigenvalue weighted by Gasteiger charge is 2.26. The van der Waals surface area contributed by atoms with Crippen molar-refractivity contribution < 1.29 is 14.3 Å². The van der Waals surface area contributed by atoms with Crippen molar-refractivity contribution in [2.24, 2.45) is 11.8 Å². The molecule has 0 radical (unpaired) electrons. The minimum absolute atomic E-state index is 0.157. The molecule has 2 rings (SSSR count). The number of ether oxygens (including phenoxy) is 1. The molecule has 0 saturated heterocycles. The monoisotopic (exact) mass is 449 g/mol. The molecular weight excluding hydrogens is 418 g/mol. The Labute approximate surface area is 187 Å². The quantitative estimate of drug-likeness (QED) is 0.427. The molecule has 2 atom stereocenters. The molecule has 0 saturated carbocycles. The Morgan fingerprint density at radius 2 is 1.73 bits per heavy atom. The third-order valence-electron chi connectivity index (χ3n) is 4.47. The van der Waals surface area contributed by atoms with E-state index in [0.29, 0.717) is 16.3 Å². The van der Waals surface area contributed by atoms with Crippen molar-refractivity contribution in [2.45, 2.75) is 59.2 Å². The van der Waals surface area contributed by atoms with Gasteiger partial charge in [0.2, 0.25) is 5.91 Å². The van der Waals surface area contributed by atoms with Gasteiger partial charge in [0.25, 0.3) is 0 Å². The van der Waals surface area contributed by atoms with Crippen LogP contribution in [0, 0.1) is 15.8 Å². The number of hydrogen-bond donors (Lipinski definition) is 3. The highest BCUT2D eigenvalue weighted by atomic mass is 32.1. The molecular formula is C22H31N3O3S2. The molecule has 2 amide bonds. The first-order valence-electron chi connectivity index (χ1n) is 10.2. The summed E-state index contributed by atoms with van der Waals surface area (Å²) in [5.41, 5.74) is 1.78. The van der Waals surface area contributed by atoms with Crippen molar-refractivity contribution in [1.29, 1.82) is 0 Å². The molecule has 6 nitrogen and oxygen atoms in total. The van der Waals surface area contributed by atoms with Crippen LogP contribution in [0.3, 0.4) is 0 Å². The molecule has 1 heterocycles. The molecule has 0 fully saturated rings. The van der Waals surface area contributed by atoms with Crippen LogP contribution < -0.4 is 10.6 Å². The smallest absolute Gasteiger partial charge is 0.408 e. The fourth-order valence-corrected chi connectivity index (χ4v) is 3.98. The van der Waals surface area contributed by atoms with Crippen molar-refractivity contribution >= 4 is 35.6 Å². The molecule has 1 aromatic carbocycles. The molecule has 0 aliphatic carbocycles. The van der Waals surface area contributed by atoms with Gasteiger partial charge in [-0.25, -0.2) is 4.79 Å². The lowest BCUT2D eigenvalue weighted by Crippen LogP contribution is -2.48. The number of amides is 2. The molecule has 2 aromatic rings. The summed E-state index contributed by atoms with van der Waals surface area (Å²) in [5.74, 6) is 0.381. The number of H-pyrrole nitrogens is 1. The van der Waals surface area contributed by atoms with Crippen molar-refractivity contribution in [3.8, 4) is 0 Å². The Hall–Kier alpha value is -2.19. The van der Waals surface area contributed by atoms with Gasteiger partial charge in [-0.2, -0.15) is 0 Å². The van der Waals surface area contributed by atoms with Crippen molar-refractivity contribution in [1.82, 2.24) is 15.6 Å². The minimum Gasteiger partial charge on any atom is -0.445 e. The van der Waals surface area contributed by atoms with Crippen LogP contribution in [-0.2, 0) is 16.1 Å². The lowest BCUT2D eigenvalue weighted by atomic mass is 9.99. The Morgan fingerprint density at radius 3 is 2.30 bits per heavy atom. The first-order chi connectivity index (χ1) is 14.2. The Balaban J connectivity index is 2.03. The second-order valence-corrected chi connectivity index (χ2v) is 9.73. The van der Waals surface area contributed by atoms with Gasteiger partial charge in [-0.15, -0.1) is 11.3 Å². The van der Waals surface area contributed by atoms with Gasteiger partial charge in [0.05, 0.1) is 6.04 Å². The molecule has 0 aliphatic heterocycles. The summed E-state index contributed by atoms with van der Waals surface area (Å²) < 4.78 is 5.97. The highest BCUT2D eigenvalue weighted by Crippen LogP contribution is 2.22. The van der Waals surface area contributed by atoms with E-state index >= 15 is 0 Å². The van der Waals surface area contributed by atoms with Gasteiger partial charge >= 0.3 is 6.09 Å². The SMILES string of the molecule is CC(C)C[C@H](NC(=O)OCc1ccccc1)C(=O)N[C@H](CC(C)C)c1csc(=S)[nH]1. The van der Waals surface area contributed by atoms with Crippen LogP contribution in [0.2, 0.25) is 0 Å². The van der Waals surface area contributed by atoms with E-state index in [9.17, 15) is 9.59 Å². The van der Waals surface area contributed by atoms with Gasteiger partial charge in [0.1, 0.15) is 12.6 Å². The lowest BCUT2D eigenvalue weighted by molar-refractivity contribution is -0.124. The molecule has 0 bridgehead atoms. The van der Waals surface area contributed by atoms with Gasteiger partial charge in [-0.3, -0.25) is 4.79 Å². The van der Waals surface area contributed by atoms with Crippen molar-refractivity contribution in [2.75, 3.05) is 0 Å². The zero-order valence-corrected chi connectivity index (χ0v) is 19.6. The molecule has 0 spiro atoms. The third kappa shape index (κ3) is 8.28. The zero-order chi connectivity index (χ0) is 22.1. The van der Waals surface area contributed by atoms with Crippen LogP contribution in [0.1, 0.15) is 57.8 Å². The number of nitrogens with one attached hydrogen (secondary N) is 3. The Morgan fingerprint density at radius 1 is 1.07 bits per heavy atom. The summed E-state index contributed by atoms with van der Waals surface area (Å²) in [7, 11) is 0. The summed E-state index contributed by atoms with van der Waals surface area (Å²) in [6.45, 7) is 8.39. The third-order valence-corrected chi connectivity index (χ3v) is 5.55. The number of aromatic nitrogens is 1. The first kappa shape index (κ1) is 24.1. The average molecular weight is 450 g/mol. The fraction of sp³-hybridized carbons (Fsp3) is 0.500. The minimum atomic E-state index is -0.676. The topological polar surface area (TPSA) is 83.2 Å². The summed E-state index contributed by atoms with van der Waals surface area (Å²) in [4.78, 5) is 28.5. The molecule has 0 unspecified atom stereocenters. The van der Waals surface area contributed by atoms with Crippen molar-refractivity contribution in [3.63, 3.8) is 0 Å². The van der Waals surface area contributed by atoms with Crippen LogP contribution >= 0.6 is 23.6 Å². The average Bonchev–Trinajstić information content (AvgIpc) is 3.12. The van der Waals surface area contributed by atoms with E-state index in [1.807, 2.05) is 49.6 Å². The molecule has 164 valence electrons. The van der Waals surface area contributed by atoms with Gasteiger partial charge in [0, 0.05) is 11.1 Å². The second kappa shape index (κ2) is 11.9. The standard InChI is InChI=1S/C22H31N3O3S2/c1-14(2)10-17(19-13-30-22(29)25-19)23-20(26)18(11-15(3)4)24-21(27)28-12-16-8-6-5-7-9-16/h5-9,13-15,17-18H,10-12H2,1-4H3,(H,23,26)(H,24,27)(H,25,29)/t17-,18+/m1/s1. The largest absolute Gasteiger partial charge is 0.445 e. The summed E-state index contributed by atoms with van der Waals surface area (Å²) in [5, 5.41) is 7.75. The van der Waals surface area contributed by atoms with Gasteiger partial charge in [-0.05, 0) is 42.5 Å². The number of carbonyl (C=O) groups is 2. The summed E-state index contributed by atoms with van der Waals surface area (Å²) in [6, 6.07) is 8.57. The number of thiazole rings is 1. The maximum atomic E-state index is 13.0. The van der Waals surface area contributed by atoms with E-state index in [4.69, 9.17) is 17.0 Å². The van der Waals surface area contributed by atoms with Crippen LogP contribution in [0.25, 0.3) is 0 Å². The van der Waals surface area contributed by atoms with E-state index in [0.717, 1.165) is 17.7 Å². The number of rotatable bonds is 10. The zero-order valence-electron chi connectivity index (χ0n) is 17.9. The molecule has 30 heavy (non-hydrogen) atoms. The lowest BCUT2D eigenvalue weighted by Gasteiger charge is -2.25. The van der Waals surface area contributed by atoms with E-state index in [1.165, 1.54) is 11.3 Å². The second-order valence-electron chi connectivity index (χ2n) is 8.18. The number of carbonyl (C=O) groups excluding carboxylic acids is 2. The number of alkyl carbamates (subject to hydrolysis) is 1. The predicted octanol–water partition coefficient (Wildman–Crippen LogP) is 5.35. The van der Waals surface area contributed by atoms with Crippen molar-refractivity contribution in [3.05, 3.63) is 50.9 Å². The van der Waals surface area contributed by atoms with Gasteiger partial charge < -0.3 is 20.4 Å². The van der Waals surface area contributed by atoms with Gasteiger partial charge in [-0.1, -0.05) is 58.0 Å². The number of aromatic amines is 1.